The largest absolute Gasteiger partial charge is 0.345 e. The summed E-state index contributed by atoms with van der Waals surface area (Å²) in [7, 11) is 0. The Kier molecular flexibility index (Phi) is 6.00. The lowest BCUT2D eigenvalue weighted by Crippen LogP contribution is -2.33. The Labute approximate surface area is 99.2 Å². The summed E-state index contributed by atoms with van der Waals surface area (Å²) in [5.41, 5.74) is 0. The zero-order valence-corrected chi connectivity index (χ0v) is 10.3. The molecule has 0 aromatic rings. The van der Waals surface area contributed by atoms with E-state index in [2.05, 4.69) is 18.2 Å². The molecule has 0 heterocycles. The lowest BCUT2D eigenvalue weighted by molar-refractivity contribution is -0.125. The molecule has 1 saturated carbocycles. The Hall–Kier alpha value is -0.970. The maximum atomic E-state index is 11.7. The van der Waals surface area contributed by atoms with Gasteiger partial charge in [0.25, 0.3) is 0 Å². The molecule has 2 heteroatoms. The third-order valence-corrected chi connectivity index (χ3v) is 3.55. The molecule has 0 bridgehead atoms. The van der Waals surface area contributed by atoms with E-state index in [0.29, 0.717) is 6.54 Å². The molecule has 0 atom stereocenters. The molecule has 0 aromatic heterocycles. The minimum Gasteiger partial charge on any atom is -0.345 e. The summed E-state index contributed by atoms with van der Waals surface area (Å²) < 4.78 is 0. The third kappa shape index (κ3) is 4.26. The minimum absolute atomic E-state index is 0.159. The Bertz CT molecular complexity index is 246. The fraction of sp³-hybridized carbons (Fsp3) is 0.786. The van der Waals surface area contributed by atoms with Crippen LogP contribution in [0, 0.1) is 24.2 Å². The van der Waals surface area contributed by atoms with Crippen LogP contribution in [0.3, 0.4) is 0 Å². The smallest absolute Gasteiger partial charge is 0.223 e. The van der Waals surface area contributed by atoms with Gasteiger partial charge in [-0.25, -0.2) is 0 Å². The number of hydrogen-bond acceptors (Lipinski definition) is 1. The quantitative estimate of drug-likeness (QED) is 0.711. The van der Waals surface area contributed by atoms with Gasteiger partial charge in [-0.3, -0.25) is 4.79 Å². The lowest BCUT2D eigenvalue weighted by Gasteiger charge is -2.27. The number of rotatable bonds is 5. The number of hydrogen-bond donors (Lipinski definition) is 1. The Morgan fingerprint density at radius 1 is 1.38 bits per heavy atom. The van der Waals surface area contributed by atoms with Crippen LogP contribution in [0.2, 0.25) is 0 Å². The summed E-state index contributed by atoms with van der Waals surface area (Å²) in [6.45, 7) is 2.60. The van der Waals surface area contributed by atoms with Gasteiger partial charge in [0.15, 0.2) is 0 Å². The van der Waals surface area contributed by atoms with E-state index in [1.54, 1.807) is 0 Å². The first-order chi connectivity index (χ1) is 7.77. The predicted octanol–water partition coefficient (Wildman–Crippen LogP) is 2.73. The second-order valence-corrected chi connectivity index (χ2v) is 4.78. The van der Waals surface area contributed by atoms with E-state index in [1.807, 2.05) is 0 Å². The van der Waals surface area contributed by atoms with Crippen LogP contribution in [0.5, 0.6) is 0 Å². The molecular weight excluding hydrogens is 198 g/mol. The SMILES string of the molecule is C#CCNC(=O)C1CCC(CCCC)CC1. The van der Waals surface area contributed by atoms with Gasteiger partial charge < -0.3 is 5.32 Å². The van der Waals surface area contributed by atoms with Crippen molar-refractivity contribution in [2.24, 2.45) is 11.8 Å². The Morgan fingerprint density at radius 3 is 2.62 bits per heavy atom. The van der Waals surface area contributed by atoms with Gasteiger partial charge in [0.05, 0.1) is 6.54 Å². The van der Waals surface area contributed by atoms with Crippen molar-refractivity contribution < 1.29 is 4.79 Å². The molecule has 0 radical (unpaired) electrons. The molecule has 1 N–H and O–H groups in total. The van der Waals surface area contributed by atoms with Gasteiger partial charge in [-0.05, 0) is 31.6 Å². The van der Waals surface area contributed by atoms with Crippen molar-refractivity contribution in [2.75, 3.05) is 6.54 Å². The highest BCUT2D eigenvalue weighted by atomic mass is 16.1. The van der Waals surface area contributed by atoms with Crippen molar-refractivity contribution in [3.8, 4) is 12.3 Å². The van der Waals surface area contributed by atoms with Crippen LogP contribution in [0.15, 0.2) is 0 Å². The van der Waals surface area contributed by atoms with E-state index < -0.39 is 0 Å². The van der Waals surface area contributed by atoms with Crippen molar-refractivity contribution in [3.05, 3.63) is 0 Å². The fourth-order valence-corrected chi connectivity index (χ4v) is 2.49. The molecule has 90 valence electrons. The van der Waals surface area contributed by atoms with Crippen molar-refractivity contribution in [1.29, 1.82) is 0 Å². The fourth-order valence-electron chi connectivity index (χ4n) is 2.49. The predicted molar refractivity (Wildman–Crippen MR) is 66.8 cm³/mol. The summed E-state index contributed by atoms with van der Waals surface area (Å²) >= 11 is 0. The van der Waals surface area contributed by atoms with Crippen LogP contribution in [-0.2, 0) is 4.79 Å². The summed E-state index contributed by atoms with van der Waals surface area (Å²) in [6.07, 6.45) is 13.6. The van der Waals surface area contributed by atoms with Crippen molar-refractivity contribution in [2.45, 2.75) is 51.9 Å². The van der Waals surface area contributed by atoms with E-state index in [-0.39, 0.29) is 11.8 Å². The van der Waals surface area contributed by atoms with E-state index >= 15 is 0 Å². The average Bonchev–Trinajstić information content (AvgIpc) is 2.34. The van der Waals surface area contributed by atoms with Gasteiger partial charge in [0, 0.05) is 5.92 Å². The highest BCUT2D eigenvalue weighted by Gasteiger charge is 2.25. The summed E-state index contributed by atoms with van der Waals surface area (Å²) in [4.78, 5) is 11.7. The second-order valence-electron chi connectivity index (χ2n) is 4.78. The van der Waals surface area contributed by atoms with E-state index in [9.17, 15) is 4.79 Å². The van der Waals surface area contributed by atoms with Gasteiger partial charge in [-0.15, -0.1) is 6.42 Å². The first-order valence-corrected chi connectivity index (χ1v) is 6.49. The maximum Gasteiger partial charge on any atom is 0.223 e. The number of nitrogens with one attached hydrogen (secondary N) is 1. The molecule has 0 aliphatic heterocycles. The molecule has 16 heavy (non-hydrogen) atoms. The van der Waals surface area contributed by atoms with Crippen LogP contribution < -0.4 is 5.32 Å². The number of unbranched alkanes of at least 4 members (excludes halogenated alkanes) is 1. The Morgan fingerprint density at radius 2 is 2.06 bits per heavy atom. The van der Waals surface area contributed by atoms with E-state index in [1.165, 1.54) is 32.1 Å². The van der Waals surface area contributed by atoms with Gasteiger partial charge in [-0.2, -0.15) is 0 Å². The molecule has 1 amide bonds. The summed E-state index contributed by atoms with van der Waals surface area (Å²) in [5.74, 6) is 3.67. The summed E-state index contributed by atoms with van der Waals surface area (Å²) in [6, 6.07) is 0. The van der Waals surface area contributed by atoms with E-state index in [0.717, 1.165) is 18.8 Å². The number of carbonyl (C=O) groups excluding carboxylic acids is 1. The number of terminal acetylenes is 1. The summed E-state index contributed by atoms with van der Waals surface area (Å²) in [5, 5.41) is 2.78. The van der Waals surface area contributed by atoms with Gasteiger partial charge in [0.2, 0.25) is 5.91 Å². The third-order valence-electron chi connectivity index (χ3n) is 3.55. The topological polar surface area (TPSA) is 29.1 Å². The van der Waals surface area contributed by atoms with Crippen molar-refractivity contribution >= 4 is 5.91 Å². The van der Waals surface area contributed by atoms with Crippen molar-refractivity contribution in [3.63, 3.8) is 0 Å². The molecule has 0 saturated heterocycles. The standard InChI is InChI=1S/C14H23NO/c1-3-5-6-12-7-9-13(10-8-12)14(16)15-11-4-2/h2,12-13H,3,5-11H2,1H3,(H,15,16). The zero-order valence-electron chi connectivity index (χ0n) is 10.3. The lowest BCUT2D eigenvalue weighted by atomic mass is 9.79. The van der Waals surface area contributed by atoms with Crippen molar-refractivity contribution in [1.82, 2.24) is 5.32 Å². The van der Waals surface area contributed by atoms with Crippen LogP contribution in [0.1, 0.15) is 51.9 Å². The van der Waals surface area contributed by atoms with Crippen LogP contribution in [0.4, 0.5) is 0 Å². The molecule has 2 nitrogen and oxygen atoms in total. The average molecular weight is 221 g/mol. The first-order valence-electron chi connectivity index (χ1n) is 6.49. The van der Waals surface area contributed by atoms with Crippen LogP contribution in [-0.4, -0.2) is 12.5 Å². The van der Waals surface area contributed by atoms with Crippen LogP contribution in [0.25, 0.3) is 0 Å². The first kappa shape index (κ1) is 13.1. The monoisotopic (exact) mass is 221 g/mol. The highest BCUT2D eigenvalue weighted by molar-refractivity contribution is 5.78. The zero-order chi connectivity index (χ0) is 11.8. The van der Waals surface area contributed by atoms with Gasteiger partial charge >= 0.3 is 0 Å². The minimum atomic E-state index is 0.159. The molecule has 1 aliphatic rings. The number of amides is 1. The molecule has 0 unspecified atom stereocenters. The second kappa shape index (κ2) is 7.33. The molecule has 0 spiro atoms. The molecular formula is C14H23NO. The maximum absolute atomic E-state index is 11.7. The normalized spacial score (nSPS) is 24.8. The van der Waals surface area contributed by atoms with Crippen LogP contribution >= 0.6 is 0 Å². The van der Waals surface area contributed by atoms with E-state index in [4.69, 9.17) is 6.42 Å². The van der Waals surface area contributed by atoms with Gasteiger partial charge in [-0.1, -0.05) is 32.1 Å². The highest BCUT2D eigenvalue weighted by Crippen LogP contribution is 2.31. The molecule has 1 aliphatic carbocycles. The molecule has 0 aromatic carbocycles. The van der Waals surface area contributed by atoms with Gasteiger partial charge in [0.1, 0.15) is 0 Å². The molecule has 1 fully saturated rings. The number of carbonyl (C=O) groups is 1. The molecule has 1 rings (SSSR count). The Balaban J connectivity index is 2.21.